The van der Waals surface area contributed by atoms with E-state index in [1.54, 1.807) is 36.1 Å². The highest BCUT2D eigenvalue weighted by molar-refractivity contribution is 6.10. The van der Waals surface area contributed by atoms with Crippen molar-refractivity contribution in [1.82, 2.24) is 29.8 Å². The van der Waals surface area contributed by atoms with Crippen LogP contribution in [0.5, 0.6) is 0 Å². The molecule has 0 aliphatic carbocycles. The SMILES string of the molecule is CC(=O)N(C)N(Cc1ccc(C(F)(F)F)cn1)C(=O)c1ccc2nc(N)c3c(cnn3C)c2c1. The summed E-state index contributed by atoms with van der Waals surface area (Å²) < 4.78 is 40.1. The summed E-state index contributed by atoms with van der Waals surface area (Å²) in [7, 11) is 3.12. The summed E-state index contributed by atoms with van der Waals surface area (Å²) in [6, 6.07) is 6.84. The molecule has 0 spiro atoms. The zero-order valence-corrected chi connectivity index (χ0v) is 18.5. The highest BCUT2D eigenvalue weighted by atomic mass is 19.4. The lowest BCUT2D eigenvalue weighted by atomic mass is 10.1. The van der Waals surface area contributed by atoms with Gasteiger partial charge in [0.1, 0.15) is 11.3 Å². The van der Waals surface area contributed by atoms with Crippen LogP contribution >= 0.6 is 0 Å². The number of halogens is 3. The second-order valence-corrected chi connectivity index (χ2v) is 7.70. The van der Waals surface area contributed by atoms with E-state index in [4.69, 9.17) is 5.73 Å². The smallest absolute Gasteiger partial charge is 0.382 e. The molecular weight excluding hydrogens is 451 g/mol. The number of carbonyl (C=O) groups is 2. The molecule has 12 heteroatoms. The lowest BCUT2D eigenvalue weighted by Gasteiger charge is -2.31. The van der Waals surface area contributed by atoms with E-state index in [0.29, 0.717) is 33.8 Å². The Kier molecular flexibility index (Phi) is 5.59. The summed E-state index contributed by atoms with van der Waals surface area (Å²) in [6.07, 6.45) is -2.22. The Morgan fingerprint density at radius 2 is 1.85 bits per heavy atom. The predicted molar refractivity (Wildman–Crippen MR) is 118 cm³/mol. The van der Waals surface area contributed by atoms with Crippen molar-refractivity contribution in [1.29, 1.82) is 0 Å². The van der Waals surface area contributed by atoms with Crippen molar-refractivity contribution in [3.8, 4) is 0 Å². The molecule has 0 atom stereocenters. The molecule has 0 fully saturated rings. The first-order chi connectivity index (χ1) is 16.0. The maximum absolute atomic E-state index is 13.4. The maximum Gasteiger partial charge on any atom is 0.417 e. The number of nitrogens with zero attached hydrogens (tertiary/aromatic N) is 6. The molecule has 4 rings (SSSR count). The van der Waals surface area contributed by atoms with Crippen LogP contribution in [0, 0.1) is 0 Å². The molecule has 0 unspecified atom stereocenters. The van der Waals surface area contributed by atoms with Gasteiger partial charge in [-0.25, -0.2) is 9.99 Å². The standard InChI is InChI=1S/C22H20F3N7O2/c1-12(33)31(3)32(11-15-6-5-14(9-27-15)22(23,24)25)21(34)13-4-7-18-16(8-13)17-10-28-30(2)19(17)20(26)29-18/h4-10H,11H2,1-3H3,(H2,26,29). The van der Waals surface area contributed by atoms with Gasteiger partial charge in [0, 0.05) is 43.6 Å². The van der Waals surface area contributed by atoms with Gasteiger partial charge in [-0.2, -0.15) is 18.3 Å². The molecule has 0 radical (unpaired) electrons. The number of hydrogen-bond acceptors (Lipinski definition) is 6. The number of aromatic nitrogens is 4. The van der Waals surface area contributed by atoms with Crippen LogP contribution in [0.4, 0.5) is 19.0 Å². The van der Waals surface area contributed by atoms with Gasteiger partial charge in [-0.3, -0.25) is 24.3 Å². The zero-order valence-electron chi connectivity index (χ0n) is 18.5. The quantitative estimate of drug-likeness (QED) is 0.460. The Balaban J connectivity index is 1.73. The molecule has 176 valence electrons. The van der Waals surface area contributed by atoms with Crippen molar-refractivity contribution >= 4 is 39.4 Å². The summed E-state index contributed by atoms with van der Waals surface area (Å²) in [5.74, 6) is -0.687. The highest BCUT2D eigenvalue weighted by Crippen LogP contribution is 2.30. The van der Waals surface area contributed by atoms with E-state index in [1.165, 1.54) is 20.0 Å². The number of hydrazine groups is 1. The number of rotatable bonds is 3. The summed E-state index contributed by atoms with van der Waals surface area (Å²) in [5.41, 5.74) is 6.73. The number of fused-ring (bicyclic) bond motifs is 3. The fourth-order valence-electron chi connectivity index (χ4n) is 3.58. The number of pyridine rings is 2. The molecule has 3 heterocycles. The minimum absolute atomic E-state index is 0.180. The first-order valence-corrected chi connectivity index (χ1v) is 10.1. The van der Waals surface area contributed by atoms with E-state index in [2.05, 4.69) is 15.1 Å². The van der Waals surface area contributed by atoms with E-state index < -0.39 is 23.6 Å². The van der Waals surface area contributed by atoms with E-state index in [9.17, 15) is 22.8 Å². The van der Waals surface area contributed by atoms with Gasteiger partial charge in [0.05, 0.1) is 29.5 Å². The van der Waals surface area contributed by atoms with Crippen LogP contribution in [-0.4, -0.2) is 48.6 Å². The largest absolute Gasteiger partial charge is 0.417 e. The first kappa shape index (κ1) is 23.0. The molecule has 2 amide bonds. The van der Waals surface area contributed by atoms with Crippen molar-refractivity contribution < 1.29 is 22.8 Å². The molecule has 3 aromatic heterocycles. The zero-order chi connectivity index (χ0) is 24.8. The fraction of sp³-hybridized carbons (Fsp3) is 0.227. The summed E-state index contributed by atoms with van der Waals surface area (Å²) >= 11 is 0. The lowest BCUT2D eigenvalue weighted by molar-refractivity contribution is -0.140. The second kappa shape index (κ2) is 8.28. The molecule has 0 saturated heterocycles. The Labute approximate surface area is 191 Å². The second-order valence-electron chi connectivity index (χ2n) is 7.70. The molecular formula is C22H20F3N7O2. The van der Waals surface area contributed by atoms with Crippen LogP contribution in [0.1, 0.15) is 28.5 Å². The third kappa shape index (κ3) is 4.09. The van der Waals surface area contributed by atoms with Gasteiger partial charge in [0.2, 0.25) is 5.91 Å². The Hall–Kier alpha value is -4.22. The topological polar surface area (TPSA) is 110 Å². The third-order valence-corrected chi connectivity index (χ3v) is 5.47. The summed E-state index contributed by atoms with van der Waals surface area (Å²) in [6.45, 7) is 1.06. The minimum Gasteiger partial charge on any atom is -0.382 e. The lowest BCUT2D eigenvalue weighted by Crippen LogP contribution is -2.46. The number of nitrogen functional groups attached to an aromatic ring is 1. The molecule has 9 nitrogen and oxygen atoms in total. The number of carbonyl (C=O) groups excluding carboxylic acids is 2. The third-order valence-electron chi connectivity index (χ3n) is 5.47. The van der Waals surface area contributed by atoms with E-state index >= 15 is 0 Å². The maximum atomic E-state index is 13.4. The van der Waals surface area contributed by atoms with E-state index in [0.717, 1.165) is 16.1 Å². The van der Waals surface area contributed by atoms with Crippen LogP contribution in [0.25, 0.3) is 21.8 Å². The number of alkyl halides is 3. The number of anilines is 1. The normalized spacial score (nSPS) is 11.7. The Morgan fingerprint density at radius 3 is 2.47 bits per heavy atom. The van der Waals surface area contributed by atoms with E-state index in [1.807, 2.05) is 0 Å². The van der Waals surface area contributed by atoms with E-state index in [-0.39, 0.29) is 17.8 Å². The first-order valence-electron chi connectivity index (χ1n) is 10.1. The van der Waals surface area contributed by atoms with Crippen molar-refractivity contribution in [3.63, 3.8) is 0 Å². The molecule has 0 aliphatic heterocycles. The van der Waals surface area contributed by atoms with Gasteiger partial charge in [-0.05, 0) is 30.3 Å². The van der Waals surface area contributed by atoms with Crippen LogP contribution in [-0.2, 0) is 24.6 Å². The summed E-state index contributed by atoms with van der Waals surface area (Å²) in [5, 5.41) is 7.76. The molecule has 2 N–H and O–H groups in total. The highest BCUT2D eigenvalue weighted by Gasteiger charge is 2.31. The number of amides is 2. The monoisotopic (exact) mass is 471 g/mol. The average molecular weight is 471 g/mol. The van der Waals surface area contributed by atoms with Crippen molar-refractivity contribution in [2.24, 2.45) is 7.05 Å². The predicted octanol–water partition coefficient (Wildman–Crippen LogP) is 3.15. The molecule has 4 aromatic rings. The Morgan fingerprint density at radius 1 is 1.12 bits per heavy atom. The van der Waals surface area contributed by atoms with Crippen LogP contribution < -0.4 is 5.73 Å². The number of aryl methyl sites for hydroxylation is 1. The molecule has 1 aromatic carbocycles. The fourth-order valence-corrected chi connectivity index (χ4v) is 3.58. The molecule has 0 saturated carbocycles. The van der Waals surface area contributed by atoms with Crippen molar-refractivity contribution in [2.45, 2.75) is 19.6 Å². The minimum atomic E-state index is -4.53. The Bertz CT molecular complexity index is 1410. The van der Waals surface area contributed by atoms with Gasteiger partial charge >= 0.3 is 6.18 Å². The number of nitrogens with two attached hydrogens (primary N) is 1. The van der Waals surface area contributed by atoms with Crippen LogP contribution in [0.2, 0.25) is 0 Å². The number of benzene rings is 1. The molecule has 0 aliphatic rings. The van der Waals surface area contributed by atoms with Crippen LogP contribution in [0.3, 0.4) is 0 Å². The van der Waals surface area contributed by atoms with Gasteiger partial charge in [-0.15, -0.1) is 0 Å². The van der Waals surface area contributed by atoms with Gasteiger partial charge < -0.3 is 5.73 Å². The molecule has 0 bridgehead atoms. The van der Waals surface area contributed by atoms with Gasteiger partial charge in [-0.1, -0.05) is 0 Å². The van der Waals surface area contributed by atoms with Crippen molar-refractivity contribution in [3.05, 3.63) is 59.5 Å². The van der Waals surface area contributed by atoms with Gasteiger partial charge in [0.15, 0.2) is 0 Å². The molecule has 34 heavy (non-hydrogen) atoms. The van der Waals surface area contributed by atoms with Crippen LogP contribution in [0.15, 0.2) is 42.7 Å². The van der Waals surface area contributed by atoms with Gasteiger partial charge in [0.25, 0.3) is 5.91 Å². The summed E-state index contributed by atoms with van der Waals surface area (Å²) in [4.78, 5) is 33.7. The van der Waals surface area contributed by atoms with Crippen molar-refractivity contribution in [2.75, 3.05) is 12.8 Å². The number of hydrogen-bond donors (Lipinski definition) is 1. The average Bonchev–Trinajstić information content (AvgIpc) is 3.18.